The number of hydrogen-bond acceptors (Lipinski definition) is 4. The molecule has 2 aliphatic heterocycles. The van der Waals surface area contributed by atoms with Crippen molar-refractivity contribution in [1.29, 1.82) is 0 Å². The van der Waals surface area contributed by atoms with Crippen molar-refractivity contribution in [1.82, 2.24) is 9.80 Å². The van der Waals surface area contributed by atoms with Crippen LogP contribution in [0.1, 0.15) is 32.1 Å². The Morgan fingerprint density at radius 2 is 1.62 bits per heavy atom. The third-order valence-electron chi connectivity index (χ3n) is 4.84. The van der Waals surface area contributed by atoms with Crippen molar-refractivity contribution in [3.05, 3.63) is 12.2 Å². The Hall–Kier alpha value is -1.49. The number of fused-ring (bicyclic) bond motifs is 1. The number of imide groups is 1. The Balaban J connectivity index is 1.53. The van der Waals surface area contributed by atoms with Gasteiger partial charge in [0.2, 0.25) is 11.8 Å². The first-order valence-electron chi connectivity index (χ1n) is 7.91. The largest absolute Gasteiger partial charge is 0.303 e. The number of amides is 2. The molecule has 114 valence electrons. The molecule has 5 nitrogen and oxygen atoms in total. The molecule has 2 amide bonds. The van der Waals surface area contributed by atoms with E-state index in [0.717, 1.165) is 19.6 Å². The fourth-order valence-corrected chi connectivity index (χ4v) is 3.57. The highest BCUT2D eigenvalue weighted by atomic mass is 16.2. The second kappa shape index (κ2) is 6.10. The van der Waals surface area contributed by atoms with Gasteiger partial charge in [0.25, 0.3) is 0 Å². The molecule has 5 heteroatoms. The minimum absolute atomic E-state index is 0.00444. The summed E-state index contributed by atoms with van der Waals surface area (Å²) in [5, 5.41) is 0. The van der Waals surface area contributed by atoms with Gasteiger partial charge in [0.05, 0.1) is 18.4 Å². The van der Waals surface area contributed by atoms with Gasteiger partial charge in [0, 0.05) is 13.0 Å². The molecule has 0 aromatic carbocycles. The van der Waals surface area contributed by atoms with Gasteiger partial charge in [-0.05, 0) is 38.8 Å². The maximum atomic E-state index is 12.3. The number of likely N-dealkylation sites (tertiary alicyclic amines) is 2. The van der Waals surface area contributed by atoms with E-state index < -0.39 is 0 Å². The molecule has 0 bridgehead atoms. The van der Waals surface area contributed by atoms with Crippen LogP contribution in [-0.4, -0.2) is 53.6 Å². The minimum Gasteiger partial charge on any atom is -0.303 e. The quantitative estimate of drug-likeness (QED) is 0.560. The fourth-order valence-electron chi connectivity index (χ4n) is 3.57. The summed E-state index contributed by atoms with van der Waals surface area (Å²) in [7, 11) is 0. The maximum Gasteiger partial charge on any atom is 0.233 e. The van der Waals surface area contributed by atoms with Crippen molar-refractivity contribution in [2.75, 3.05) is 26.2 Å². The molecule has 21 heavy (non-hydrogen) atoms. The Labute approximate surface area is 125 Å². The van der Waals surface area contributed by atoms with Crippen LogP contribution in [0.3, 0.4) is 0 Å². The number of hydrogen-bond donors (Lipinski definition) is 0. The lowest BCUT2D eigenvalue weighted by molar-refractivity contribution is -0.143. The predicted molar refractivity (Wildman–Crippen MR) is 77.4 cm³/mol. The highest BCUT2D eigenvalue weighted by molar-refractivity contribution is 6.07. The molecule has 3 aliphatic rings. The number of carbonyl (C=O) groups excluding carboxylic acids is 3. The Kier molecular flexibility index (Phi) is 4.19. The van der Waals surface area contributed by atoms with E-state index >= 15 is 0 Å². The molecule has 2 unspecified atom stereocenters. The van der Waals surface area contributed by atoms with Gasteiger partial charge in [-0.25, -0.2) is 0 Å². The van der Waals surface area contributed by atoms with Crippen LogP contribution in [0, 0.1) is 11.8 Å². The van der Waals surface area contributed by atoms with Crippen molar-refractivity contribution in [2.45, 2.75) is 32.1 Å². The van der Waals surface area contributed by atoms with Gasteiger partial charge in [-0.3, -0.25) is 19.3 Å². The summed E-state index contributed by atoms with van der Waals surface area (Å²) in [6.45, 7) is 2.84. The average Bonchev–Trinajstić information content (AvgIpc) is 3.09. The highest BCUT2D eigenvalue weighted by Crippen LogP contribution is 2.34. The fraction of sp³-hybridized carbons (Fsp3) is 0.688. The number of Topliss-reactive ketones (excluding diaryl/α,β-unsaturated/α-hetero) is 1. The summed E-state index contributed by atoms with van der Waals surface area (Å²) in [6, 6.07) is 0. The van der Waals surface area contributed by atoms with Crippen LogP contribution in [0.2, 0.25) is 0 Å². The molecule has 3 rings (SSSR count). The van der Waals surface area contributed by atoms with Crippen LogP contribution in [0.4, 0.5) is 0 Å². The Bertz CT molecular complexity index is 454. The number of rotatable bonds is 5. The van der Waals surface area contributed by atoms with Gasteiger partial charge in [0.15, 0.2) is 5.78 Å². The van der Waals surface area contributed by atoms with E-state index in [1.165, 1.54) is 17.7 Å². The first kappa shape index (κ1) is 14.4. The lowest BCUT2D eigenvalue weighted by atomic mass is 9.85. The molecule has 1 aliphatic carbocycles. The molecular weight excluding hydrogens is 268 g/mol. The maximum absolute atomic E-state index is 12.3. The SMILES string of the molecule is O=C(CCN1CCCC1)CN1C(=O)C2CC=CCC2C1=O. The zero-order valence-electron chi connectivity index (χ0n) is 12.3. The van der Waals surface area contributed by atoms with E-state index in [4.69, 9.17) is 0 Å². The van der Waals surface area contributed by atoms with Crippen LogP contribution in [0.25, 0.3) is 0 Å². The third-order valence-corrected chi connectivity index (χ3v) is 4.84. The molecule has 0 aromatic rings. The van der Waals surface area contributed by atoms with E-state index in [9.17, 15) is 14.4 Å². The summed E-state index contributed by atoms with van der Waals surface area (Å²) in [5.41, 5.74) is 0. The number of allylic oxidation sites excluding steroid dienone is 2. The van der Waals surface area contributed by atoms with E-state index in [1.807, 2.05) is 12.2 Å². The summed E-state index contributed by atoms with van der Waals surface area (Å²) < 4.78 is 0. The zero-order valence-corrected chi connectivity index (χ0v) is 12.3. The summed E-state index contributed by atoms with van der Waals surface area (Å²) in [5.74, 6) is -0.759. The monoisotopic (exact) mass is 290 g/mol. The predicted octanol–water partition coefficient (Wildman–Crippen LogP) is 0.993. The Morgan fingerprint density at radius 1 is 1.05 bits per heavy atom. The second-order valence-electron chi connectivity index (χ2n) is 6.26. The smallest absolute Gasteiger partial charge is 0.233 e. The van der Waals surface area contributed by atoms with Gasteiger partial charge in [-0.2, -0.15) is 0 Å². The van der Waals surface area contributed by atoms with E-state index in [2.05, 4.69) is 4.90 Å². The second-order valence-corrected chi connectivity index (χ2v) is 6.26. The first-order chi connectivity index (χ1) is 10.2. The molecule has 2 fully saturated rings. The number of carbonyl (C=O) groups is 3. The van der Waals surface area contributed by atoms with Gasteiger partial charge in [-0.15, -0.1) is 0 Å². The summed E-state index contributed by atoms with van der Waals surface area (Å²) in [4.78, 5) is 40.0. The van der Waals surface area contributed by atoms with Crippen molar-refractivity contribution >= 4 is 17.6 Å². The van der Waals surface area contributed by atoms with Gasteiger partial charge >= 0.3 is 0 Å². The lowest BCUT2D eigenvalue weighted by Crippen LogP contribution is -2.37. The van der Waals surface area contributed by atoms with Crippen LogP contribution >= 0.6 is 0 Å². The van der Waals surface area contributed by atoms with Gasteiger partial charge in [0.1, 0.15) is 0 Å². The number of nitrogens with zero attached hydrogens (tertiary/aromatic N) is 2. The van der Waals surface area contributed by atoms with Crippen LogP contribution < -0.4 is 0 Å². The van der Waals surface area contributed by atoms with Crippen molar-refractivity contribution < 1.29 is 14.4 Å². The van der Waals surface area contributed by atoms with Crippen molar-refractivity contribution in [2.24, 2.45) is 11.8 Å². The zero-order chi connectivity index (χ0) is 14.8. The molecule has 0 saturated carbocycles. The van der Waals surface area contributed by atoms with Gasteiger partial charge in [-0.1, -0.05) is 12.2 Å². The topological polar surface area (TPSA) is 57.7 Å². The normalized spacial score (nSPS) is 29.2. The molecule has 2 heterocycles. The van der Waals surface area contributed by atoms with Crippen molar-refractivity contribution in [3.63, 3.8) is 0 Å². The van der Waals surface area contributed by atoms with E-state index in [0.29, 0.717) is 19.3 Å². The molecule has 0 aromatic heterocycles. The van der Waals surface area contributed by atoms with E-state index in [1.54, 1.807) is 0 Å². The number of ketones is 1. The third kappa shape index (κ3) is 2.93. The standard InChI is InChI=1S/C16H22N2O3/c19-12(7-10-17-8-3-4-9-17)11-18-15(20)13-5-1-2-6-14(13)16(18)21/h1-2,13-14H,3-11H2. The van der Waals surface area contributed by atoms with Crippen molar-refractivity contribution in [3.8, 4) is 0 Å². The lowest BCUT2D eigenvalue weighted by Gasteiger charge is -2.16. The molecule has 0 radical (unpaired) electrons. The molecule has 2 atom stereocenters. The summed E-state index contributed by atoms with van der Waals surface area (Å²) >= 11 is 0. The van der Waals surface area contributed by atoms with Crippen LogP contribution in [0.5, 0.6) is 0 Å². The minimum atomic E-state index is -0.228. The average molecular weight is 290 g/mol. The highest BCUT2D eigenvalue weighted by Gasteiger charge is 2.47. The molecule has 0 spiro atoms. The molecular formula is C16H22N2O3. The first-order valence-corrected chi connectivity index (χ1v) is 7.91. The van der Waals surface area contributed by atoms with Crippen LogP contribution in [-0.2, 0) is 14.4 Å². The Morgan fingerprint density at radius 3 is 2.19 bits per heavy atom. The molecule has 0 N–H and O–H groups in total. The van der Waals surface area contributed by atoms with Crippen LogP contribution in [0.15, 0.2) is 12.2 Å². The molecule has 2 saturated heterocycles. The summed E-state index contributed by atoms with van der Waals surface area (Å²) in [6.07, 6.45) is 8.03. The van der Waals surface area contributed by atoms with Gasteiger partial charge < -0.3 is 4.90 Å². The van der Waals surface area contributed by atoms with E-state index in [-0.39, 0.29) is 36.0 Å².